The fraction of sp³-hybridized carbons (Fsp3) is 0.229. The topological polar surface area (TPSA) is 8.17 Å². The molecule has 0 bridgehead atoms. The van der Waals surface area contributed by atoms with Crippen LogP contribution in [0.1, 0.15) is 95.2 Å². The lowest BCUT2D eigenvalue weighted by molar-refractivity contribution is 0.332. The Bertz CT molecular complexity index is 3730. The molecule has 0 atom stereocenters. The number of para-hydroxylation sites is 1. The normalized spacial score (nSPS) is 16.5. The minimum atomic E-state index is -2.12. The molecule has 3 heteroatoms. The summed E-state index contributed by atoms with van der Waals surface area (Å²) in [7, 11) is -2.12. The van der Waals surface area contributed by atoms with Crippen LogP contribution < -0.4 is 15.3 Å². The molecule has 2 nitrogen and oxygen atoms in total. The average molecular weight is 963 g/mol. The first-order chi connectivity index (χ1) is 35.5. The zero-order valence-corrected chi connectivity index (χ0v) is 44.5. The maximum Gasteiger partial charge on any atom is 0.114 e. The maximum atomic E-state index is 2.57. The van der Waals surface area contributed by atoms with E-state index in [2.05, 4.69) is 250 Å². The van der Waals surface area contributed by atoms with Gasteiger partial charge in [0.15, 0.2) is 0 Å². The van der Waals surface area contributed by atoms with Crippen molar-refractivity contribution in [1.29, 1.82) is 0 Å². The van der Waals surface area contributed by atoms with Gasteiger partial charge < -0.3 is 9.47 Å². The van der Waals surface area contributed by atoms with Gasteiger partial charge in [-0.15, -0.1) is 0 Å². The summed E-state index contributed by atoms with van der Waals surface area (Å²) in [5.41, 5.74) is 22.2. The highest BCUT2D eigenvalue weighted by atomic mass is 28.3. The molecule has 1 fully saturated rings. The molecule has 1 saturated carbocycles. The summed E-state index contributed by atoms with van der Waals surface area (Å²) in [6.45, 7) is 14.8. The van der Waals surface area contributed by atoms with Gasteiger partial charge in [-0.1, -0.05) is 212 Å². The highest BCUT2D eigenvalue weighted by Gasteiger charge is 2.40. The van der Waals surface area contributed by atoms with Crippen LogP contribution in [-0.4, -0.2) is 12.6 Å². The lowest BCUT2D eigenvalue weighted by Gasteiger charge is -2.42. The summed E-state index contributed by atoms with van der Waals surface area (Å²) in [6, 6.07) is 76.8. The van der Waals surface area contributed by atoms with Crippen molar-refractivity contribution in [3.63, 3.8) is 0 Å². The van der Waals surface area contributed by atoms with E-state index in [1.165, 1.54) is 150 Å². The van der Waals surface area contributed by atoms with Gasteiger partial charge >= 0.3 is 0 Å². The smallest absolute Gasteiger partial charge is 0.114 e. The van der Waals surface area contributed by atoms with E-state index in [4.69, 9.17) is 0 Å². The number of fused-ring (bicyclic) bond motifs is 7. The third kappa shape index (κ3) is 7.56. The lowest BCUT2D eigenvalue weighted by Crippen LogP contribution is -2.50. The van der Waals surface area contributed by atoms with Crippen molar-refractivity contribution in [3.8, 4) is 50.2 Å². The maximum absolute atomic E-state index is 2.57. The third-order valence-electron chi connectivity index (χ3n) is 17.7. The minimum absolute atomic E-state index is 0.118. The molecule has 0 saturated heterocycles. The SMILES string of the molecule is CC1(C)CCC(C)(C)c2cc(-c3cccc(N(c4ccc(C5CCCCC5)cc4)c4ccc(-c5cccc6c5[Si](C)(C)c5ccccc5-6)c5c4c4ccccc4n5-c4ccc(-c5ccccc5)cc4)c3)ccc21. The Morgan fingerprint density at radius 3 is 1.88 bits per heavy atom. The van der Waals surface area contributed by atoms with Crippen LogP contribution in [-0.2, 0) is 10.8 Å². The second-order valence-corrected chi connectivity index (χ2v) is 27.6. The van der Waals surface area contributed by atoms with Crippen LogP contribution in [0.2, 0.25) is 13.1 Å². The van der Waals surface area contributed by atoms with Gasteiger partial charge in [0.2, 0.25) is 0 Å². The molecule has 0 unspecified atom stereocenters. The van der Waals surface area contributed by atoms with Gasteiger partial charge in [-0.25, -0.2) is 0 Å². The van der Waals surface area contributed by atoms with Crippen LogP contribution in [0.4, 0.5) is 17.1 Å². The molecule has 1 aliphatic heterocycles. The Balaban J connectivity index is 1.07. The molecule has 1 aromatic heterocycles. The molecule has 10 aromatic rings. The first kappa shape index (κ1) is 45.6. The monoisotopic (exact) mass is 962 g/mol. The molecule has 9 aromatic carbocycles. The van der Waals surface area contributed by atoms with E-state index in [-0.39, 0.29) is 10.8 Å². The molecule has 0 amide bonds. The van der Waals surface area contributed by atoms with E-state index in [1.54, 1.807) is 0 Å². The molecule has 2 aliphatic carbocycles. The Hall–Kier alpha value is -7.20. The van der Waals surface area contributed by atoms with E-state index in [0.717, 1.165) is 11.4 Å². The number of hydrogen-bond acceptors (Lipinski definition) is 1. The molecule has 3 aliphatic rings. The second kappa shape index (κ2) is 17.5. The molecule has 0 N–H and O–H groups in total. The Morgan fingerprint density at radius 2 is 1.10 bits per heavy atom. The van der Waals surface area contributed by atoms with E-state index >= 15 is 0 Å². The quantitative estimate of drug-likeness (QED) is 0.138. The summed E-state index contributed by atoms with van der Waals surface area (Å²) < 4.78 is 2.57. The summed E-state index contributed by atoms with van der Waals surface area (Å²) in [4.78, 5) is 2.57. The van der Waals surface area contributed by atoms with Gasteiger partial charge in [0.05, 0.1) is 16.7 Å². The zero-order valence-electron chi connectivity index (χ0n) is 43.5. The molecule has 2 heterocycles. The highest BCUT2D eigenvalue weighted by molar-refractivity contribution is 7.04. The van der Waals surface area contributed by atoms with Gasteiger partial charge in [0.1, 0.15) is 8.07 Å². The van der Waals surface area contributed by atoms with Crippen molar-refractivity contribution >= 4 is 57.3 Å². The van der Waals surface area contributed by atoms with Gasteiger partial charge in [0.25, 0.3) is 0 Å². The van der Waals surface area contributed by atoms with E-state index in [9.17, 15) is 0 Å². The van der Waals surface area contributed by atoms with Crippen molar-refractivity contribution in [2.45, 2.75) is 102 Å². The van der Waals surface area contributed by atoms with E-state index in [1.807, 2.05) is 0 Å². The van der Waals surface area contributed by atoms with E-state index in [0.29, 0.717) is 5.92 Å². The van der Waals surface area contributed by atoms with Gasteiger partial charge in [-0.05, 0) is 157 Å². The largest absolute Gasteiger partial charge is 0.310 e. The molecule has 73 heavy (non-hydrogen) atoms. The number of anilines is 3. The van der Waals surface area contributed by atoms with Gasteiger partial charge in [-0.2, -0.15) is 0 Å². The summed E-state index contributed by atoms with van der Waals surface area (Å²) in [5, 5.41) is 5.55. The zero-order chi connectivity index (χ0) is 49.6. The number of aromatic nitrogens is 1. The fourth-order valence-corrected chi connectivity index (χ4v) is 17.1. The molecule has 0 radical (unpaired) electrons. The van der Waals surface area contributed by atoms with Crippen LogP contribution in [0.25, 0.3) is 72.0 Å². The molecular weight excluding hydrogens is 897 g/mol. The Labute approximate surface area is 434 Å². The molecular formula is C70H66N2Si. The summed E-state index contributed by atoms with van der Waals surface area (Å²) >= 11 is 0. The first-order valence-corrected chi connectivity index (χ1v) is 30.1. The predicted octanol–water partition coefficient (Wildman–Crippen LogP) is 18.5. The van der Waals surface area contributed by atoms with Gasteiger partial charge in [-0.3, -0.25) is 0 Å². The Morgan fingerprint density at radius 1 is 0.479 bits per heavy atom. The fourth-order valence-electron chi connectivity index (χ4n) is 13.6. The van der Waals surface area contributed by atoms with Crippen LogP contribution >= 0.6 is 0 Å². The number of rotatable bonds is 8. The average Bonchev–Trinajstić information content (AvgIpc) is 3.90. The standard InChI is InChI=1S/C70H66N2Si/c1-69(2)43-44-70(3,4)62-46-52(35-41-61(62)69)51-23-17-24-55(45-51)71(53-36-31-49(32-37-53)47-19-9-7-10-20-47)64-42-40-57(59-28-18-27-58-56-25-14-16-30-65(56)73(5,6)68(58)59)67-66(64)60-26-13-15-29-63(60)72(67)54-38-33-50(34-39-54)48-21-11-8-12-22-48/h8,11-18,21-42,45-47H,7,9-10,19-20,43-44H2,1-6H3. The Kier molecular flexibility index (Phi) is 10.9. The lowest BCUT2D eigenvalue weighted by atomic mass is 9.63. The number of hydrogen-bond donors (Lipinski definition) is 0. The number of benzene rings is 9. The van der Waals surface area contributed by atoms with Crippen molar-refractivity contribution in [2.24, 2.45) is 0 Å². The van der Waals surface area contributed by atoms with Crippen molar-refractivity contribution in [1.82, 2.24) is 4.57 Å². The minimum Gasteiger partial charge on any atom is -0.310 e. The van der Waals surface area contributed by atoms with Crippen LogP contribution in [0.3, 0.4) is 0 Å². The number of nitrogens with zero attached hydrogens (tertiary/aromatic N) is 2. The van der Waals surface area contributed by atoms with Crippen LogP contribution in [0.5, 0.6) is 0 Å². The van der Waals surface area contributed by atoms with Crippen molar-refractivity contribution < 1.29 is 0 Å². The molecule has 360 valence electrons. The van der Waals surface area contributed by atoms with Crippen molar-refractivity contribution in [2.75, 3.05) is 4.90 Å². The van der Waals surface area contributed by atoms with E-state index < -0.39 is 8.07 Å². The molecule has 0 spiro atoms. The van der Waals surface area contributed by atoms with Crippen LogP contribution in [0.15, 0.2) is 200 Å². The predicted molar refractivity (Wildman–Crippen MR) is 315 cm³/mol. The highest BCUT2D eigenvalue weighted by Crippen LogP contribution is 2.50. The summed E-state index contributed by atoms with van der Waals surface area (Å²) in [5.74, 6) is 0.626. The summed E-state index contributed by atoms with van der Waals surface area (Å²) in [6.07, 6.45) is 8.96. The molecule has 13 rings (SSSR count). The first-order valence-electron chi connectivity index (χ1n) is 27.1. The van der Waals surface area contributed by atoms with Crippen molar-refractivity contribution in [3.05, 3.63) is 217 Å². The second-order valence-electron chi connectivity index (χ2n) is 23.4. The third-order valence-corrected chi connectivity index (χ3v) is 21.2. The van der Waals surface area contributed by atoms with Gasteiger partial charge in [0, 0.05) is 33.4 Å². The van der Waals surface area contributed by atoms with Crippen LogP contribution in [0, 0.1) is 0 Å².